The van der Waals surface area contributed by atoms with Crippen molar-refractivity contribution < 1.29 is 39.0 Å². The van der Waals surface area contributed by atoms with Crippen LogP contribution in [-0.2, 0) is 21.3 Å². The van der Waals surface area contributed by atoms with Gasteiger partial charge in [-0.3, -0.25) is 4.79 Å². The van der Waals surface area contributed by atoms with E-state index in [1.54, 1.807) is 19.1 Å². The largest absolute Gasteiger partial charge is 0.744 e. The molecule has 0 heterocycles. The third-order valence-corrected chi connectivity index (χ3v) is 8.08. The molecule has 0 radical (unpaired) electrons. The molecule has 0 atom stereocenters. The zero-order chi connectivity index (χ0) is 22.9. The molecule has 0 spiro atoms. The number of carbonyl (C=O) groups excluding carboxylic acids is 1. The second kappa shape index (κ2) is 12.0. The molecule has 0 saturated heterocycles. The number of benzene rings is 3. The highest BCUT2D eigenvalue weighted by molar-refractivity contribution is 7.85. The molecular formula is C24H26INO4S. The van der Waals surface area contributed by atoms with E-state index in [2.05, 4.69) is 60.8 Å². The summed E-state index contributed by atoms with van der Waals surface area (Å²) in [5.41, 5.74) is 3.59. The van der Waals surface area contributed by atoms with E-state index >= 15 is 0 Å². The number of aryl methyl sites for hydroxylation is 2. The van der Waals surface area contributed by atoms with Gasteiger partial charge in [0.2, 0.25) is 5.91 Å². The minimum Gasteiger partial charge on any atom is -0.744 e. The monoisotopic (exact) mass is 551 g/mol. The summed E-state index contributed by atoms with van der Waals surface area (Å²) in [6.07, 6.45) is 0.904. The second-order valence-electron chi connectivity index (χ2n) is 6.98. The molecule has 1 N–H and O–H groups in total. The quantitative estimate of drug-likeness (QED) is 0.361. The Balaban J connectivity index is 0.000000262. The summed E-state index contributed by atoms with van der Waals surface area (Å²) in [4.78, 5) is 10.8. The number of hydrogen-bond donors (Lipinski definition) is 1. The minimum atomic E-state index is -4.27. The average molecular weight is 551 g/mol. The van der Waals surface area contributed by atoms with E-state index in [0.29, 0.717) is 6.54 Å². The van der Waals surface area contributed by atoms with Crippen LogP contribution in [0.15, 0.2) is 77.7 Å². The smallest absolute Gasteiger partial charge is 0.358 e. The fourth-order valence-corrected chi connectivity index (χ4v) is 5.63. The van der Waals surface area contributed by atoms with Crippen LogP contribution in [-0.4, -0.2) is 25.4 Å². The van der Waals surface area contributed by atoms with Crippen molar-refractivity contribution in [2.45, 2.75) is 32.1 Å². The van der Waals surface area contributed by atoms with Gasteiger partial charge in [-0.2, -0.15) is 0 Å². The molecule has 31 heavy (non-hydrogen) atoms. The lowest BCUT2D eigenvalue weighted by atomic mass is 10.1. The van der Waals surface area contributed by atoms with Gasteiger partial charge in [0.05, 0.1) is 4.90 Å². The third kappa shape index (κ3) is 9.20. The van der Waals surface area contributed by atoms with E-state index in [-0.39, 0.29) is 32.0 Å². The van der Waals surface area contributed by atoms with E-state index in [1.165, 1.54) is 30.4 Å². The fourth-order valence-electron chi connectivity index (χ4n) is 2.59. The van der Waals surface area contributed by atoms with Gasteiger partial charge < -0.3 is 9.87 Å². The Morgan fingerprint density at radius 2 is 1.45 bits per heavy atom. The number of amides is 1. The molecule has 0 aromatic heterocycles. The SMILES string of the molecule is CC(=O)NCCc1ccccc1[I+]c1ccc(C)cc1.Cc1ccc(S(=O)(=O)[O-])cc1. The first-order valence-electron chi connectivity index (χ1n) is 9.71. The van der Waals surface area contributed by atoms with Crippen molar-refractivity contribution in [2.24, 2.45) is 0 Å². The minimum absolute atomic E-state index is 0.0377. The van der Waals surface area contributed by atoms with Crippen molar-refractivity contribution in [3.05, 3.63) is 96.6 Å². The van der Waals surface area contributed by atoms with Crippen molar-refractivity contribution >= 4 is 16.0 Å². The topological polar surface area (TPSA) is 86.3 Å². The van der Waals surface area contributed by atoms with Gasteiger partial charge in [0.1, 0.15) is 10.1 Å². The van der Waals surface area contributed by atoms with Gasteiger partial charge in [-0.05, 0) is 50.6 Å². The molecule has 0 fully saturated rings. The van der Waals surface area contributed by atoms with Gasteiger partial charge in [-0.1, -0.05) is 53.6 Å². The van der Waals surface area contributed by atoms with E-state index in [4.69, 9.17) is 0 Å². The van der Waals surface area contributed by atoms with Crippen LogP contribution in [0.1, 0.15) is 23.6 Å². The molecule has 0 bridgehead atoms. The molecule has 1 amide bonds. The maximum Gasteiger partial charge on any atom is 0.358 e. The Hall–Kier alpha value is -2.23. The lowest BCUT2D eigenvalue weighted by molar-refractivity contribution is -0.598. The molecule has 5 nitrogen and oxygen atoms in total. The molecule has 3 rings (SSSR count). The van der Waals surface area contributed by atoms with Crippen LogP contribution < -0.4 is 26.5 Å². The van der Waals surface area contributed by atoms with Crippen molar-refractivity contribution in [2.75, 3.05) is 6.54 Å². The maximum atomic E-state index is 10.9. The van der Waals surface area contributed by atoms with Gasteiger partial charge in [-0.15, -0.1) is 0 Å². The Bertz CT molecular complexity index is 1100. The summed E-state index contributed by atoms with van der Waals surface area (Å²) in [5.74, 6) is 0.0377. The van der Waals surface area contributed by atoms with E-state index < -0.39 is 10.1 Å². The summed E-state index contributed by atoms with van der Waals surface area (Å²) in [7, 11) is -4.27. The fraction of sp³-hybridized carbons (Fsp3) is 0.208. The molecule has 164 valence electrons. The third-order valence-electron chi connectivity index (χ3n) is 4.26. The number of carbonyl (C=O) groups is 1. The van der Waals surface area contributed by atoms with Crippen molar-refractivity contribution in [1.29, 1.82) is 0 Å². The number of hydrogen-bond acceptors (Lipinski definition) is 4. The van der Waals surface area contributed by atoms with Crippen LogP contribution in [0.4, 0.5) is 0 Å². The van der Waals surface area contributed by atoms with E-state index in [9.17, 15) is 17.8 Å². The maximum absolute atomic E-state index is 10.9. The molecule has 7 heteroatoms. The highest BCUT2D eigenvalue weighted by Gasteiger charge is 2.19. The lowest BCUT2D eigenvalue weighted by Gasteiger charge is -2.05. The predicted octanol–water partition coefficient (Wildman–Crippen LogP) is 0.701. The van der Waals surface area contributed by atoms with Crippen LogP contribution in [0.2, 0.25) is 0 Å². The Labute approximate surface area is 194 Å². The highest BCUT2D eigenvalue weighted by Crippen LogP contribution is 2.08. The highest BCUT2D eigenvalue weighted by atomic mass is 127. The average Bonchev–Trinajstić information content (AvgIpc) is 2.71. The summed E-state index contributed by atoms with van der Waals surface area (Å²) in [5, 5.41) is 2.87. The van der Waals surface area contributed by atoms with Gasteiger partial charge in [0.15, 0.2) is 7.14 Å². The Morgan fingerprint density at radius 1 is 0.903 bits per heavy atom. The number of halogens is 1. The second-order valence-corrected chi connectivity index (χ2v) is 11.3. The normalized spacial score (nSPS) is 10.7. The Kier molecular flexibility index (Phi) is 9.67. The molecule has 3 aromatic carbocycles. The van der Waals surface area contributed by atoms with Crippen molar-refractivity contribution in [3.8, 4) is 0 Å². The van der Waals surface area contributed by atoms with Gasteiger partial charge >= 0.3 is 21.2 Å². The van der Waals surface area contributed by atoms with Gasteiger partial charge in [0, 0.05) is 19.0 Å². The summed E-state index contributed by atoms with van der Waals surface area (Å²) in [6.45, 7) is 6.21. The summed E-state index contributed by atoms with van der Waals surface area (Å²) < 4.78 is 34.0. The first-order valence-corrected chi connectivity index (χ1v) is 13.3. The van der Waals surface area contributed by atoms with Gasteiger partial charge in [0.25, 0.3) is 0 Å². The lowest BCUT2D eigenvalue weighted by Crippen LogP contribution is -3.61. The van der Waals surface area contributed by atoms with E-state index in [1.807, 2.05) is 6.92 Å². The summed E-state index contributed by atoms with van der Waals surface area (Å²) in [6, 6.07) is 23.2. The molecule has 0 saturated carbocycles. The molecule has 0 unspecified atom stereocenters. The van der Waals surface area contributed by atoms with Gasteiger partial charge in [-0.25, -0.2) is 8.42 Å². The first kappa shape index (κ1) is 25.0. The van der Waals surface area contributed by atoms with E-state index in [0.717, 1.165) is 12.0 Å². The van der Waals surface area contributed by atoms with Crippen LogP contribution in [0.25, 0.3) is 0 Å². The predicted molar refractivity (Wildman–Crippen MR) is 117 cm³/mol. The zero-order valence-electron chi connectivity index (χ0n) is 17.8. The number of rotatable bonds is 6. The molecule has 0 aliphatic rings. The van der Waals surface area contributed by atoms with Crippen LogP contribution in [0.3, 0.4) is 0 Å². The van der Waals surface area contributed by atoms with Crippen molar-refractivity contribution in [1.82, 2.24) is 5.32 Å². The standard InChI is InChI=1S/C17H18INO.C7H8O3S/c1-13-7-9-16(10-8-13)18-17-6-4-3-5-15(17)11-12-19-14(2)20;1-6-2-4-7(5-3-6)11(8,9)10/h3-10H,11-12H2,1-2H3;2-5H,1H3,(H,8,9,10). The molecular weight excluding hydrogens is 525 g/mol. The van der Waals surface area contributed by atoms with Crippen molar-refractivity contribution in [3.63, 3.8) is 0 Å². The Morgan fingerprint density at radius 3 is 2.00 bits per heavy atom. The summed E-state index contributed by atoms with van der Waals surface area (Å²) >= 11 is -0.152. The molecule has 3 aromatic rings. The van der Waals surface area contributed by atoms with Crippen LogP contribution in [0.5, 0.6) is 0 Å². The zero-order valence-corrected chi connectivity index (χ0v) is 20.7. The first-order chi connectivity index (χ1) is 14.6. The van der Waals surface area contributed by atoms with Crippen LogP contribution >= 0.6 is 0 Å². The molecule has 0 aliphatic heterocycles. The number of nitrogens with one attached hydrogen (secondary N) is 1. The van der Waals surface area contributed by atoms with Crippen LogP contribution in [0, 0.1) is 21.0 Å². The molecule has 0 aliphatic carbocycles.